The fraction of sp³-hybridized carbons (Fsp3) is 0.500. The Hall–Kier alpha value is -1.12. The molecule has 0 aromatic carbocycles. The van der Waals surface area contributed by atoms with Crippen LogP contribution < -0.4 is 0 Å². The van der Waals surface area contributed by atoms with Crippen LogP contribution in [0.15, 0.2) is 10.6 Å². The monoisotopic (exact) mass is 153 g/mol. The molecule has 0 aliphatic rings. The molecule has 0 radical (unpaired) electrons. The highest BCUT2D eigenvalue weighted by molar-refractivity contribution is 5.70. The van der Waals surface area contributed by atoms with Gasteiger partial charge in [0.05, 0.1) is 5.69 Å². The topological polar surface area (TPSA) is 43.1 Å². The first-order valence-electron chi connectivity index (χ1n) is 3.46. The highest BCUT2D eigenvalue weighted by Gasteiger charge is 2.18. The van der Waals surface area contributed by atoms with Crippen molar-refractivity contribution in [1.82, 2.24) is 5.16 Å². The summed E-state index contributed by atoms with van der Waals surface area (Å²) in [4.78, 5) is 10.2. The number of carbonyl (C=O) groups is 1. The quantitative estimate of drug-likeness (QED) is 0.577. The van der Waals surface area contributed by atoms with E-state index in [1.807, 2.05) is 20.8 Å². The number of carbonyl (C=O) groups excluding carboxylic acids is 1. The minimum absolute atomic E-state index is 0.0508. The zero-order valence-electron chi connectivity index (χ0n) is 6.92. The lowest BCUT2D eigenvalue weighted by Crippen LogP contribution is -2.10. The van der Waals surface area contributed by atoms with E-state index in [4.69, 9.17) is 4.52 Å². The third-order valence-electron chi connectivity index (χ3n) is 1.41. The molecule has 0 N–H and O–H groups in total. The average molecular weight is 153 g/mol. The van der Waals surface area contributed by atoms with Crippen LogP contribution in [0.25, 0.3) is 0 Å². The molecule has 0 bridgehead atoms. The zero-order chi connectivity index (χ0) is 8.48. The highest BCUT2D eigenvalue weighted by atomic mass is 16.5. The number of aldehydes is 1. The summed E-state index contributed by atoms with van der Waals surface area (Å²) in [6.07, 6.45) is 0.655. The smallest absolute Gasteiger partial charge is 0.199 e. The van der Waals surface area contributed by atoms with E-state index in [9.17, 15) is 4.79 Å². The summed E-state index contributed by atoms with van der Waals surface area (Å²) in [5, 5.41) is 3.75. The van der Waals surface area contributed by atoms with Crippen LogP contribution in [0, 0.1) is 0 Å². The van der Waals surface area contributed by atoms with Crippen molar-refractivity contribution in [2.45, 2.75) is 26.2 Å². The minimum atomic E-state index is -0.0508. The third kappa shape index (κ3) is 1.67. The first kappa shape index (κ1) is 7.98. The van der Waals surface area contributed by atoms with Crippen LogP contribution in [-0.2, 0) is 5.41 Å². The first-order chi connectivity index (χ1) is 5.04. The molecule has 0 aliphatic heterocycles. The van der Waals surface area contributed by atoms with E-state index in [2.05, 4.69) is 5.16 Å². The lowest BCUT2D eigenvalue weighted by atomic mass is 9.92. The maximum absolute atomic E-state index is 10.2. The van der Waals surface area contributed by atoms with Crippen LogP contribution in [0.3, 0.4) is 0 Å². The van der Waals surface area contributed by atoms with Crippen LogP contribution >= 0.6 is 0 Å². The molecule has 0 aliphatic carbocycles. The molecular weight excluding hydrogens is 142 g/mol. The fourth-order valence-electron chi connectivity index (χ4n) is 0.698. The van der Waals surface area contributed by atoms with Gasteiger partial charge in [-0.05, 0) is 0 Å². The van der Waals surface area contributed by atoms with Crippen molar-refractivity contribution >= 4 is 6.29 Å². The van der Waals surface area contributed by atoms with E-state index in [0.29, 0.717) is 6.29 Å². The Labute approximate surface area is 65.4 Å². The SMILES string of the molecule is CC(C)(C)c1cc(C=O)on1. The van der Waals surface area contributed by atoms with Gasteiger partial charge in [0, 0.05) is 11.5 Å². The molecule has 0 amide bonds. The van der Waals surface area contributed by atoms with Crippen molar-refractivity contribution in [3.63, 3.8) is 0 Å². The van der Waals surface area contributed by atoms with Crippen LogP contribution in [0.5, 0.6) is 0 Å². The maximum Gasteiger partial charge on any atom is 0.199 e. The Morgan fingerprint density at radius 1 is 1.55 bits per heavy atom. The molecule has 1 heterocycles. The molecular formula is C8H11NO2. The molecule has 3 nitrogen and oxygen atoms in total. The molecule has 0 atom stereocenters. The maximum atomic E-state index is 10.2. The average Bonchev–Trinajstić information content (AvgIpc) is 2.32. The van der Waals surface area contributed by atoms with Gasteiger partial charge in [-0.1, -0.05) is 25.9 Å². The Bertz CT molecular complexity index is 257. The summed E-state index contributed by atoms with van der Waals surface area (Å²) in [5.74, 6) is 0.287. The summed E-state index contributed by atoms with van der Waals surface area (Å²) in [6.45, 7) is 6.04. The van der Waals surface area contributed by atoms with E-state index >= 15 is 0 Å². The fourth-order valence-corrected chi connectivity index (χ4v) is 0.698. The van der Waals surface area contributed by atoms with Crippen LogP contribution in [0.4, 0.5) is 0 Å². The number of rotatable bonds is 1. The van der Waals surface area contributed by atoms with Crippen molar-refractivity contribution in [2.24, 2.45) is 0 Å². The van der Waals surface area contributed by atoms with Crippen LogP contribution in [-0.4, -0.2) is 11.4 Å². The molecule has 1 aromatic heterocycles. The van der Waals surface area contributed by atoms with E-state index in [-0.39, 0.29) is 11.2 Å². The van der Waals surface area contributed by atoms with Gasteiger partial charge < -0.3 is 4.52 Å². The lowest BCUT2D eigenvalue weighted by molar-refractivity contribution is 0.109. The lowest BCUT2D eigenvalue weighted by Gasteiger charge is -2.12. The van der Waals surface area contributed by atoms with Gasteiger partial charge in [0.1, 0.15) is 0 Å². The Balaban J connectivity index is 2.98. The highest BCUT2D eigenvalue weighted by Crippen LogP contribution is 2.20. The Kier molecular flexibility index (Phi) is 1.81. The molecule has 0 saturated heterocycles. The predicted octanol–water partition coefficient (Wildman–Crippen LogP) is 1.78. The van der Waals surface area contributed by atoms with Crippen molar-refractivity contribution in [2.75, 3.05) is 0 Å². The van der Waals surface area contributed by atoms with E-state index in [0.717, 1.165) is 5.69 Å². The summed E-state index contributed by atoms with van der Waals surface area (Å²) in [5.41, 5.74) is 0.754. The number of hydrogen-bond acceptors (Lipinski definition) is 3. The van der Waals surface area contributed by atoms with Gasteiger partial charge in [-0.2, -0.15) is 0 Å². The second-order valence-electron chi connectivity index (χ2n) is 3.48. The van der Waals surface area contributed by atoms with Gasteiger partial charge >= 0.3 is 0 Å². The number of hydrogen-bond donors (Lipinski definition) is 0. The number of aromatic nitrogens is 1. The summed E-state index contributed by atoms with van der Waals surface area (Å²) in [6, 6.07) is 1.66. The predicted molar refractivity (Wildman–Crippen MR) is 40.6 cm³/mol. The molecule has 60 valence electrons. The normalized spacial score (nSPS) is 11.5. The Morgan fingerprint density at radius 3 is 2.45 bits per heavy atom. The summed E-state index contributed by atoms with van der Waals surface area (Å²) >= 11 is 0. The molecule has 0 unspecified atom stereocenters. The van der Waals surface area contributed by atoms with Gasteiger partial charge in [-0.15, -0.1) is 0 Å². The van der Waals surface area contributed by atoms with Crippen LogP contribution in [0.1, 0.15) is 37.0 Å². The second-order valence-corrected chi connectivity index (χ2v) is 3.48. The molecule has 1 rings (SSSR count). The summed E-state index contributed by atoms with van der Waals surface area (Å²) in [7, 11) is 0. The van der Waals surface area contributed by atoms with Crippen molar-refractivity contribution < 1.29 is 9.32 Å². The van der Waals surface area contributed by atoms with Crippen molar-refractivity contribution in [1.29, 1.82) is 0 Å². The van der Waals surface area contributed by atoms with Crippen molar-refractivity contribution in [3.8, 4) is 0 Å². The number of nitrogens with zero attached hydrogens (tertiary/aromatic N) is 1. The van der Waals surface area contributed by atoms with Gasteiger partial charge in [-0.3, -0.25) is 4.79 Å². The third-order valence-corrected chi connectivity index (χ3v) is 1.41. The zero-order valence-corrected chi connectivity index (χ0v) is 6.92. The molecule has 3 heteroatoms. The van der Waals surface area contributed by atoms with Gasteiger partial charge in [0.25, 0.3) is 0 Å². The van der Waals surface area contributed by atoms with Crippen molar-refractivity contribution in [3.05, 3.63) is 17.5 Å². The van der Waals surface area contributed by atoms with Gasteiger partial charge in [0.15, 0.2) is 12.0 Å². The second kappa shape index (κ2) is 2.49. The van der Waals surface area contributed by atoms with Crippen LogP contribution in [0.2, 0.25) is 0 Å². The van der Waals surface area contributed by atoms with Gasteiger partial charge in [0.2, 0.25) is 0 Å². The van der Waals surface area contributed by atoms with E-state index in [1.54, 1.807) is 6.07 Å². The van der Waals surface area contributed by atoms with E-state index in [1.165, 1.54) is 0 Å². The standard InChI is InChI=1S/C8H11NO2/c1-8(2,3)7-4-6(5-10)11-9-7/h4-5H,1-3H3. The molecule has 0 saturated carbocycles. The first-order valence-corrected chi connectivity index (χ1v) is 3.46. The largest absolute Gasteiger partial charge is 0.353 e. The minimum Gasteiger partial charge on any atom is -0.353 e. The van der Waals surface area contributed by atoms with E-state index < -0.39 is 0 Å². The Morgan fingerprint density at radius 2 is 2.18 bits per heavy atom. The molecule has 11 heavy (non-hydrogen) atoms. The molecule has 1 aromatic rings. The summed E-state index contributed by atoms with van der Waals surface area (Å²) < 4.78 is 4.72. The molecule has 0 spiro atoms. The van der Waals surface area contributed by atoms with Gasteiger partial charge in [-0.25, -0.2) is 0 Å². The molecule has 0 fully saturated rings.